The first kappa shape index (κ1) is 18.3. The van der Waals surface area contributed by atoms with Crippen molar-refractivity contribution in [2.75, 3.05) is 26.8 Å². The number of fused-ring (bicyclic) bond motifs is 1. The molecule has 1 amide bonds. The van der Waals surface area contributed by atoms with E-state index < -0.39 is 12.8 Å². The molecule has 130 valence electrons. The van der Waals surface area contributed by atoms with E-state index in [1.54, 1.807) is 7.05 Å². The van der Waals surface area contributed by atoms with E-state index in [0.29, 0.717) is 13.0 Å². The number of hydrogen-bond acceptors (Lipinski definition) is 2. The molecule has 2 rings (SSSR count). The minimum atomic E-state index is -4.36. The summed E-state index contributed by atoms with van der Waals surface area (Å²) in [4.78, 5) is 13.4. The molecule has 0 saturated carbocycles. The van der Waals surface area contributed by atoms with Gasteiger partial charge < -0.3 is 9.64 Å². The van der Waals surface area contributed by atoms with Gasteiger partial charge in [-0.25, -0.2) is 0 Å². The SMILES string of the molecule is CN(CCc1cccc2ccccc12)C(=O)CCOCC(F)(F)F. The normalized spacial score (nSPS) is 11.7. The Labute approximate surface area is 139 Å². The van der Waals surface area contributed by atoms with Gasteiger partial charge in [0.1, 0.15) is 6.61 Å². The molecule has 3 nitrogen and oxygen atoms in total. The van der Waals surface area contributed by atoms with Crippen molar-refractivity contribution < 1.29 is 22.7 Å². The number of halogens is 3. The fraction of sp³-hybridized carbons (Fsp3) is 0.389. The lowest BCUT2D eigenvalue weighted by Crippen LogP contribution is -2.30. The van der Waals surface area contributed by atoms with Gasteiger partial charge in [-0.15, -0.1) is 0 Å². The van der Waals surface area contributed by atoms with Crippen molar-refractivity contribution >= 4 is 16.7 Å². The van der Waals surface area contributed by atoms with Crippen LogP contribution in [0.15, 0.2) is 42.5 Å². The third-order valence-electron chi connectivity index (χ3n) is 3.75. The summed E-state index contributed by atoms with van der Waals surface area (Å²) in [6, 6.07) is 14.0. The third kappa shape index (κ3) is 5.53. The highest BCUT2D eigenvalue weighted by atomic mass is 19.4. The van der Waals surface area contributed by atoms with Crippen molar-refractivity contribution in [3.8, 4) is 0 Å². The molecule has 0 aliphatic carbocycles. The number of alkyl halides is 3. The Kier molecular flexibility index (Phi) is 6.20. The van der Waals surface area contributed by atoms with Crippen LogP contribution in [0.25, 0.3) is 10.8 Å². The lowest BCUT2D eigenvalue weighted by Gasteiger charge is -2.18. The predicted octanol–water partition coefficient (Wildman–Crippen LogP) is 3.81. The summed E-state index contributed by atoms with van der Waals surface area (Å²) in [5.41, 5.74) is 1.14. The topological polar surface area (TPSA) is 29.5 Å². The van der Waals surface area contributed by atoms with Crippen LogP contribution in [0.4, 0.5) is 13.2 Å². The third-order valence-corrected chi connectivity index (χ3v) is 3.75. The number of benzene rings is 2. The Balaban J connectivity index is 1.81. The molecule has 0 spiro atoms. The molecule has 0 saturated heterocycles. The molecule has 0 N–H and O–H groups in total. The van der Waals surface area contributed by atoms with E-state index in [1.165, 1.54) is 4.90 Å². The summed E-state index contributed by atoms with van der Waals surface area (Å²) in [7, 11) is 1.65. The summed E-state index contributed by atoms with van der Waals surface area (Å²) in [6.07, 6.45) is -3.72. The number of carbonyl (C=O) groups is 1. The largest absolute Gasteiger partial charge is 0.411 e. The van der Waals surface area contributed by atoms with Gasteiger partial charge in [0.25, 0.3) is 0 Å². The molecule has 2 aromatic rings. The summed E-state index contributed by atoms with van der Waals surface area (Å²) < 4.78 is 40.3. The van der Waals surface area contributed by atoms with Crippen LogP contribution in [0.3, 0.4) is 0 Å². The van der Waals surface area contributed by atoms with Gasteiger partial charge in [0, 0.05) is 13.6 Å². The molecule has 0 aromatic heterocycles. The molecule has 0 bridgehead atoms. The van der Waals surface area contributed by atoms with E-state index in [4.69, 9.17) is 0 Å². The zero-order valence-corrected chi connectivity index (χ0v) is 13.5. The van der Waals surface area contributed by atoms with Gasteiger partial charge >= 0.3 is 6.18 Å². The first-order valence-corrected chi connectivity index (χ1v) is 7.72. The van der Waals surface area contributed by atoms with Gasteiger partial charge in [0.05, 0.1) is 13.0 Å². The zero-order valence-electron chi connectivity index (χ0n) is 13.5. The maximum absolute atomic E-state index is 12.0. The minimum Gasteiger partial charge on any atom is -0.372 e. The second-order valence-electron chi connectivity index (χ2n) is 5.62. The second kappa shape index (κ2) is 8.15. The molecule has 6 heteroatoms. The smallest absolute Gasteiger partial charge is 0.372 e. The molecular formula is C18H20F3NO2. The molecule has 0 radical (unpaired) electrons. The quantitative estimate of drug-likeness (QED) is 0.718. The van der Waals surface area contributed by atoms with Crippen LogP contribution in [0.2, 0.25) is 0 Å². The Morgan fingerprint density at radius 3 is 2.58 bits per heavy atom. The monoisotopic (exact) mass is 339 g/mol. The van der Waals surface area contributed by atoms with E-state index >= 15 is 0 Å². The minimum absolute atomic E-state index is 0.0535. The predicted molar refractivity (Wildman–Crippen MR) is 86.8 cm³/mol. The number of likely N-dealkylation sites (N-methyl/N-ethyl adjacent to an activating group) is 1. The van der Waals surface area contributed by atoms with E-state index in [9.17, 15) is 18.0 Å². The number of hydrogen-bond donors (Lipinski definition) is 0. The molecule has 0 fully saturated rings. The van der Waals surface area contributed by atoms with Crippen LogP contribution in [0.1, 0.15) is 12.0 Å². The highest BCUT2D eigenvalue weighted by Crippen LogP contribution is 2.19. The molecular weight excluding hydrogens is 319 g/mol. The Morgan fingerprint density at radius 2 is 1.83 bits per heavy atom. The lowest BCUT2D eigenvalue weighted by atomic mass is 10.0. The van der Waals surface area contributed by atoms with Crippen molar-refractivity contribution in [1.82, 2.24) is 4.90 Å². The zero-order chi connectivity index (χ0) is 17.6. The van der Waals surface area contributed by atoms with Crippen molar-refractivity contribution in [1.29, 1.82) is 0 Å². The van der Waals surface area contributed by atoms with Crippen molar-refractivity contribution in [3.63, 3.8) is 0 Å². The van der Waals surface area contributed by atoms with E-state index in [-0.39, 0.29) is 18.9 Å². The molecule has 2 aromatic carbocycles. The van der Waals surface area contributed by atoms with E-state index in [1.807, 2.05) is 42.5 Å². The van der Waals surface area contributed by atoms with Crippen molar-refractivity contribution in [2.24, 2.45) is 0 Å². The van der Waals surface area contributed by atoms with Gasteiger partial charge in [-0.3, -0.25) is 4.79 Å². The van der Waals surface area contributed by atoms with Crippen LogP contribution < -0.4 is 0 Å². The van der Waals surface area contributed by atoms with Gasteiger partial charge in [0.2, 0.25) is 5.91 Å². The maximum atomic E-state index is 12.0. The van der Waals surface area contributed by atoms with Crippen LogP contribution in [0.5, 0.6) is 0 Å². The molecule has 0 aliphatic rings. The molecule has 0 atom stereocenters. The van der Waals surface area contributed by atoms with Gasteiger partial charge in [-0.2, -0.15) is 13.2 Å². The first-order chi connectivity index (χ1) is 11.4. The Hall–Kier alpha value is -2.08. The van der Waals surface area contributed by atoms with Crippen molar-refractivity contribution in [2.45, 2.75) is 19.0 Å². The lowest BCUT2D eigenvalue weighted by molar-refractivity contribution is -0.175. The van der Waals surface area contributed by atoms with Crippen molar-refractivity contribution in [3.05, 3.63) is 48.0 Å². The van der Waals surface area contributed by atoms with Crippen LogP contribution in [0, 0.1) is 0 Å². The van der Waals surface area contributed by atoms with Gasteiger partial charge in [-0.05, 0) is 22.8 Å². The van der Waals surface area contributed by atoms with Gasteiger partial charge in [-0.1, -0.05) is 42.5 Å². The highest BCUT2D eigenvalue weighted by Gasteiger charge is 2.27. The number of carbonyl (C=O) groups excluding carboxylic acids is 1. The Bertz CT molecular complexity index is 680. The Morgan fingerprint density at radius 1 is 1.12 bits per heavy atom. The molecule has 0 heterocycles. The molecule has 24 heavy (non-hydrogen) atoms. The van der Waals surface area contributed by atoms with Gasteiger partial charge in [0.15, 0.2) is 0 Å². The fourth-order valence-corrected chi connectivity index (χ4v) is 2.46. The summed E-state index contributed by atoms with van der Waals surface area (Å²) in [6.45, 7) is -1.04. The standard InChI is InChI=1S/C18H20F3NO2/c1-22(17(23)10-12-24-13-18(19,20)21)11-9-15-7-4-6-14-5-2-3-8-16(14)15/h2-8H,9-13H2,1H3. The van der Waals surface area contributed by atoms with E-state index in [2.05, 4.69) is 4.74 Å². The number of rotatable bonds is 7. The fourth-order valence-electron chi connectivity index (χ4n) is 2.46. The maximum Gasteiger partial charge on any atom is 0.411 e. The summed E-state index contributed by atoms with van der Waals surface area (Å²) >= 11 is 0. The molecule has 0 aliphatic heterocycles. The average molecular weight is 339 g/mol. The highest BCUT2D eigenvalue weighted by molar-refractivity contribution is 5.85. The summed E-state index contributed by atoms with van der Waals surface area (Å²) in [5.74, 6) is -0.225. The van der Waals surface area contributed by atoms with E-state index in [0.717, 1.165) is 16.3 Å². The number of nitrogens with zero attached hydrogens (tertiary/aromatic N) is 1. The second-order valence-corrected chi connectivity index (χ2v) is 5.62. The number of ether oxygens (including phenoxy) is 1. The number of amides is 1. The average Bonchev–Trinajstić information content (AvgIpc) is 2.55. The molecule has 0 unspecified atom stereocenters. The summed E-state index contributed by atoms with van der Waals surface area (Å²) in [5, 5.41) is 2.29. The van der Waals surface area contributed by atoms with Crippen LogP contribution in [-0.4, -0.2) is 43.8 Å². The van der Waals surface area contributed by atoms with Crippen LogP contribution in [-0.2, 0) is 16.0 Å². The first-order valence-electron chi connectivity index (χ1n) is 7.72. The van der Waals surface area contributed by atoms with Crippen LogP contribution >= 0.6 is 0 Å².